The number of carbonyl (C=O) groups excluding carboxylic acids is 2. The second-order valence-electron chi connectivity index (χ2n) is 11.1. The normalized spacial score (nSPS) is 20.7. The molecule has 0 spiro atoms. The summed E-state index contributed by atoms with van der Waals surface area (Å²) in [4.78, 5) is 28.3. The maximum Gasteiger partial charge on any atom is 0.447 e. The zero-order chi connectivity index (χ0) is 32.1. The number of methoxy groups -OCH3 is 1. The summed E-state index contributed by atoms with van der Waals surface area (Å²) in [7, 11) is 4.65. The van der Waals surface area contributed by atoms with Gasteiger partial charge in [0.15, 0.2) is 5.82 Å². The molecule has 2 aliphatic carbocycles. The van der Waals surface area contributed by atoms with Gasteiger partial charge in [0, 0.05) is 55.9 Å². The Morgan fingerprint density at radius 2 is 1.93 bits per heavy atom. The van der Waals surface area contributed by atoms with E-state index in [4.69, 9.17) is 4.74 Å². The number of likely N-dealkylation sites (N-methyl/N-ethyl adjacent to an activating group) is 1. The summed E-state index contributed by atoms with van der Waals surface area (Å²) in [5, 5.41) is 15.2. The van der Waals surface area contributed by atoms with Gasteiger partial charge in [-0.3, -0.25) is 9.59 Å². The molecule has 10 nitrogen and oxygen atoms in total. The number of aromatic nitrogens is 2. The van der Waals surface area contributed by atoms with Crippen LogP contribution in [0.15, 0.2) is 41.7 Å². The van der Waals surface area contributed by atoms with E-state index in [1.54, 1.807) is 31.3 Å². The van der Waals surface area contributed by atoms with E-state index in [2.05, 4.69) is 43.4 Å². The average Bonchev–Trinajstić information content (AvgIpc) is 3.55. The van der Waals surface area contributed by atoms with Crippen molar-refractivity contribution in [2.24, 2.45) is 11.8 Å². The highest BCUT2D eigenvalue weighted by Crippen LogP contribution is 2.44. The van der Waals surface area contributed by atoms with Crippen LogP contribution in [0.5, 0.6) is 5.75 Å². The molecule has 2 heterocycles. The molecule has 2 amide bonds. The second kappa shape index (κ2) is 13.9. The van der Waals surface area contributed by atoms with Crippen LogP contribution in [0, 0.1) is 23.7 Å². The minimum atomic E-state index is -4.52. The van der Waals surface area contributed by atoms with Crippen molar-refractivity contribution in [1.29, 1.82) is 0 Å². The maximum absolute atomic E-state index is 13.7. The van der Waals surface area contributed by atoms with Crippen LogP contribution in [0.3, 0.4) is 0 Å². The van der Waals surface area contributed by atoms with Crippen LogP contribution in [-0.2, 0) is 4.79 Å². The molecule has 5 N–H and O–H groups in total. The van der Waals surface area contributed by atoms with Gasteiger partial charge in [0.05, 0.1) is 37.0 Å². The van der Waals surface area contributed by atoms with Crippen LogP contribution >= 0.6 is 11.8 Å². The molecule has 2 saturated carbocycles. The summed E-state index contributed by atoms with van der Waals surface area (Å²) in [5.41, 5.74) is -2.83. The van der Waals surface area contributed by atoms with E-state index in [9.17, 15) is 22.8 Å². The van der Waals surface area contributed by atoms with Crippen molar-refractivity contribution in [3.63, 3.8) is 0 Å². The number of rotatable bonds is 10. The predicted octanol–water partition coefficient (Wildman–Crippen LogP) is 4.08. The van der Waals surface area contributed by atoms with Crippen molar-refractivity contribution in [2.45, 2.75) is 48.3 Å². The zero-order valence-corrected chi connectivity index (χ0v) is 26.0. The Morgan fingerprint density at radius 1 is 1.11 bits per heavy atom. The molecule has 4 atom stereocenters. The van der Waals surface area contributed by atoms with Crippen LogP contribution in [0.2, 0.25) is 0 Å². The van der Waals surface area contributed by atoms with E-state index in [0.717, 1.165) is 25.7 Å². The number of nitrogens with zero attached hydrogens (tertiary/aromatic N) is 2. The Kier molecular flexibility index (Phi) is 9.99. The number of hydrogen-bond acceptors (Lipinski definition) is 8. The standard InChI is InChI=1S/C31H36F3N7O3S/c1-35-27(42)17-39-23-15-21-13-18(23)6-8-22(21)40-28-25-16-20(30(45-31(32,33)34)41(25)12-11-38-28)5-4-10-37-24-14-19(29(43)36-2)7-9-26(24)44-3/h7,9,11-12,14,16,18,21-23,37,39H,6,8,10,13,15,17H2,1-3H3,(H,35,42)(H,36,43)(H,38,40)/t18-,21+,22+,23+/m0/s1. The lowest BCUT2D eigenvalue weighted by Crippen LogP contribution is -2.39. The van der Waals surface area contributed by atoms with E-state index in [1.807, 2.05) is 0 Å². The van der Waals surface area contributed by atoms with E-state index >= 15 is 0 Å². The first-order valence-electron chi connectivity index (χ1n) is 14.7. The quantitative estimate of drug-likeness (QED) is 0.166. The highest BCUT2D eigenvalue weighted by molar-refractivity contribution is 8.00. The smallest absolute Gasteiger partial charge is 0.447 e. The molecule has 0 aliphatic heterocycles. The highest BCUT2D eigenvalue weighted by atomic mass is 32.2. The number of carbonyl (C=O) groups is 2. The molecule has 2 aliphatic rings. The Balaban J connectivity index is 1.35. The van der Waals surface area contributed by atoms with Gasteiger partial charge in [0.2, 0.25) is 5.91 Å². The lowest BCUT2D eigenvalue weighted by atomic mass is 9.84. The molecular formula is C31H36F3N7O3S. The fourth-order valence-corrected chi connectivity index (χ4v) is 6.97. The number of halogens is 3. The lowest BCUT2D eigenvalue weighted by molar-refractivity contribution is -0.119. The van der Waals surface area contributed by atoms with Crippen molar-refractivity contribution in [3.05, 3.63) is 47.8 Å². The number of nitrogens with one attached hydrogen (secondary N) is 5. The molecule has 0 radical (unpaired) electrons. The van der Waals surface area contributed by atoms with Crippen molar-refractivity contribution in [3.8, 4) is 17.6 Å². The molecule has 5 rings (SSSR count). The molecule has 0 unspecified atom stereocenters. The molecule has 1 aromatic carbocycles. The minimum Gasteiger partial charge on any atom is -0.495 e. The van der Waals surface area contributed by atoms with E-state index in [1.165, 1.54) is 31.0 Å². The zero-order valence-electron chi connectivity index (χ0n) is 25.2. The minimum absolute atomic E-state index is 0.0438. The number of alkyl halides is 3. The summed E-state index contributed by atoms with van der Waals surface area (Å²) >= 11 is -0.213. The first-order chi connectivity index (χ1) is 21.6. The molecular weight excluding hydrogens is 607 g/mol. The van der Waals surface area contributed by atoms with Crippen molar-refractivity contribution in [1.82, 2.24) is 25.3 Å². The van der Waals surface area contributed by atoms with Gasteiger partial charge < -0.3 is 35.7 Å². The maximum atomic E-state index is 13.7. The Labute approximate surface area is 263 Å². The number of benzene rings is 1. The third kappa shape index (κ3) is 7.59. The van der Waals surface area contributed by atoms with E-state index in [-0.39, 0.29) is 59.3 Å². The third-order valence-corrected chi connectivity index (χ3v) is 9.26. The Morgan fingerprint density at radius 3 is 2.67 bits per heavy atom. The van der Waals surface area contributed by atoms with Crippen LogP contribution < -0.4 is 31.3 Å². The van der Waals surface area contributed by atoms with Gasteiger partial charge in [0.1, 0.15) is 10.8 Å². The fourth-order valence-electron chi connectivity index (χ4n) is 6.28. The number of hydrogen-bond donors (Lipinski definition) is 5. The number of amides is 2. The molecule has 3 aromatic rings. The molecule has 240 valence electrons. The number of fused-ring (bicyclic) bond motifs is 3. The van der Waals surface area contributed by atoms with Crippen LogP contribution in [0.1, 0.15) is 41.6 Å². The molecule has 14 heteroatoms. The predicted molar refractivity (Wildman–Crippen MR) is 168 cm³/mol. The summed E-state index contributed by atoms with van der Waals surface area (Å²) in [6, 6.07) is 6.91. The largest absolute Gasteiger partial charge is 0.495 e. The average molecular weight is 644 g/mol. The third-order valence-electron chi connectivity index (χ3n) is 8.42. The van der Waals surface area contributed by atoms with Crippen molar-refractivity contribution < 1.29 is 27.5 Å². The number of thioether (sulfide) groups is 1. The fraction of sp³-hybridized carbons (Fsp3) is 0.452. The molecule has 2 bridgehead atoms. The number of anilines is 2. The summed E-state index contributed by atoms with van der Waals surface area (Å²) in [6.45, 7) is 0.377. The Hall–Kier alpha value is -4.09. The first-order valence-corrected chi connectivity index (χ1v) is 15.5. The van der Waals surface area contributed by atoms with E-state index in [0.29, 0.717) is 40.2 Å². The van der Waals surface area contributed by atoms with Gasteiger partial charge in [-0.05, 0) is 61.8 Å². The summed E-state index contributed by atoms with van der Waals surface area (Å²) < 4.78 is 47.9. The SMILES string of the molecule is CNC(=O)CN[C@@H]1C[C@H]2C[C@@H]1CC[C@H]2Nc1nccn2c(SC(F)(F)F)c(C#CCNc3cc(C(=O)NC)ccc3OC)cc12. The second-order valence-corrected chi connectivity index (χ2v) is 12.1. The van der Waals surface area contributed by atoms with Gasteiger partial charge >= 0.3 is 5.51 Å². The Bertz CT molecular complexity index is 1620. The van der Waals surface area contributed by atoms with Gasteiger partial charge in [-0.2, -0.15) is 13.2 Å². The molecule has 0 saturated heterocycles. The van der Waals surface area contributed by atoms with Crippen LogP contribution in [-0.4, -0.2) is 73.1 Å². The number of ether oxygens (including phenoxy) is 1. The summed E-state index contributed by atoms with van der Waals surface area (Å²) in [5.74, 6) is 7.36. The highest BCUT2D eigenvalue weighted by Gasteiger charge is 2.42. The van der Waals surface area contributed by atoms with Crippen molar-refractivity contribution in [2.75, 3.05) is 44.9 Å². The van der Waals surface area contributed by atoms with Crippen molar-refractivity contribution >= 4 is 40.6 Å². The van der Waals surface area contributed by atoms with Gasteiger partial charge in [-0.1, -0.05) is 11.8 Å². The van der Waals surface area contributed by atoms with Gasteiger partial charge in [0.25, 0.3) is 5.91 Å². The molecule has 45 heavy (non-hydrogen) atoms. The van der Waals surface area contributed by atoms with Crippen LogP contribution in [0.25, 0.3) is 5.52 Å². The molecule has 2 aromatic heterocycles. The topological polar surface area (TPSA) is 121 Å². The molecule has 2 fully saturated rings. The lowest BCUT2D eigenvalue weighted by Gasteiger charge is -2.30. The summed E-state index contributed by atoms with van der Waals surface area (Å²) in [6.07, 6.45) is 6.83. The van der Waals surface area contributed by atoms with E-state index < -0.39 is 5.51 Å². The first kappa shape index (κ1) is 32.3. The van der Waals surface area contributed by atoms with Crippen LogP contribution in [0.4, 0.5) is 24.7 Å². The monoisotopic (exact) mass is 643 g/mol. The van der Waals surface area contributed by atoms with Gasteiger partial charge in [-0.15, -0.1) is 0 Å². The van der Waals surface area contributed by atoms with Gasteiger partial charge in [-0.25, -0.2) is 4.98 Å².